The molecular formula is C18H27N3. The van der Waals surface area contributed by atoms with E-state index >= 15 is 0 Å². The number of aryl methyl sites for hydroxylation is 1. The number of benzene rings is 1. The topological polar surface area (TPSA) is 18.5 Å². The lowest BCUT2D eigenvalue weighted by Gasteiger charge is -2.32. The third-order valence-electron chi connectivity index (χ3n) is 5.47. The van der Waals surface area contributed by atoms with Gasteiger partial charge in [0.05, 0.1) is 0 Å². The van der Waals surface area contributed by atoms with Gasteiger partial charge in [-0.25, -0.2) is 0 Å². The molecular weight excluding hydrogens is 258 g/mol. The van der Waals surface area contributed by atoms with E-state index < -0.39 is 0 Å². The average Bonchev–Trinajstić information content (AvgIpc) is 3.05. The average molecular weight is 285 g/mol. The van der Waals surface area contributed by atoms with Crippen molar-refractivity contribution in [3.8, 4) is 0 Å². The molecule has 21 heavy (non-hydrogen) atoms. The van der Waals surface area contributed by atoms with Crippen molar-refractivity contribution >= 4 is 11.4 Å². The molecule has 0 spiro atoms. The molecule has 3 heteroatoms. The van der Waals surface area contributed by atoms with Gasteiger partial charge in [-0.3, -0.25) is 4.90 Å². The van der Waals surface area contributed by atoms with Crippen LogP contribution in [0, 0.1) is 0 Å². The summed E-state index contributed by atoms with van der Waals surface area (Å²) in [5.74, 6) is 0. The predicted molar refractivity (Wildman–Crippen MR) is 89.3 cm³/mol. The molecule has 1 N–H and O–H groups in total. The van der Waals surface area contributed by atoms with Gasteiger partial charge in [0.2, 0.25) is 0 Å². The summed E-state index contributed by atoms with van der Waals surface area (Å²) in [6.45, 7) is 6.22. The lowest BCUT2D eigenvalue weighted by atomic mass is 10.0. The Labute approximate surface area is 128 Å². The van der Waals surface area contributed by atoms with Gasteiger partial charge in [0.25, 0.3) is 0 Å². The molecule has 3 nitrogen and oxygen atoms in total. The Morgan fingerprint density at radius 3 is 2.81 bits per heavy atom. The van der Waals surface area contributed by atoms with Crippen molar-refractivity contribution in [3.63, 3.8) is 0 Å². The van der Waals surface area contributed by atoms with Crippen molar-refractivity contribution in [1.82, 2.24) is 4.90 Å². The fourth-order valence-corrected chi connectivity index (χ4v) is 4.20. The highest BCUT2D eigenvalue weighted by molar-refractivity contribution is 5.63. The monoisotopic (exact) mass is 285 g/mol. The van der Waals surface area contributed by atoms with Crippen LogP contribution in [0.1, 0.15) is 37.7 Å². The number of hydrogen-bond donors (Lipinski definition) is 1. The smallest absolute Gasteiger partial charge is 0.0393 e. The second-order valence-corrected chi connectivity index (χ2v) is 6.86. The van der Waals surface area contributed by atoms with Crippen LogP contribution in [0.25, 0.3) is 0 Å². The van der Waals surface area contributed by atoms with Crippen molar-refractivity contribution in [2.45, 2.75) is 44.6 Å². The van der Waals surface area contributed by atoms with Crippen LogP contribution in [0.4, 0.5) is 11.4 Å². The first-order valence-electron chi connectivity index (χ1n) is 8.76. The van der Waals surface area contributed by atoms with Gasteiger partial charge in [-0.15, -0.1) is 0 Å². The van der Waals surface area contributed by atoms with Crippen LogP contribution in [0.3, 0.4) is 0 Å². The molecule has 0 aromatic heterocycles. The van der Waals surface area contributed by atoms with Gasteiger partial charge in [0, 0.05) is 37.1 Å². The molecule has 0 radical (unpaired) electrons. The van der Waals surface area contributed by atoms with Gasteiger partial charge in [-0.05, 0) is 62.9 Å². The molecule has 0 bridgehead atoms. The Balaban J connectivity index is 1.45. The molecule has 2 fully saturated rings. The summed E-state index contributed by atoms with van der Waals surface area (Å²) < 4.78 is 0. The first-order chi connectivity index (χ1) is 10.4. The number of rotatable bonds is 2. The van der Waals surface area contributed by atoms with E-state index in [0.717, 1.165) is 12.6 Å². The molecule has 1 aromatic rings. The van der Waals surface area contributed by atoms with Crippen LogP contribution < -0.4 is 10.2 Å². The van der Waals surface area contributed by atoms with Crippen molar-refractivity contribution < 1.29 is 0 Å². The van der Waals surface area contributed by atoms with Gasteiger partial charge < -0.3 is 10.2 Å². The second-order valence-electron chi connectivity index (χ2n) is 6.86. The van der Waals surface area contributed by atoms with Crippen molar-refractivity contribution in [1.29, 1.82) is 0 Å². The molecule has 1 aromatic carbocycles. The second kappa shape index (κ2) is 5.88. The Hall–Kier alpha value is -1.22. The number of piperidine rings is 1. The molecule has 3 heterocycles. The Kier molecular flexibility index (Phi) is 3.76. The van der Waals surface area contributed by atoms with Crippen LogP contribution in [-0.2, 0) is 6.42 Å². The van der Waals surface area contributed by atoms with Gasteiger partial charge in [0.1, 0.15) is 0 Å². The van der Waals surface area contributed by atoms with Crippen molar-refractivity contribution in [2.75, 3.05) is 42.9 Å². The first kappa shape index (κ1) is 13.4. The number of anilines is 2. The SMILES string of the molecule is c1cc2c(cc1N1CCC(N3CCCCC3)C1)NCCC2. The van der Waals surface area contributed by atoms with Crippen molar-refractivity contribution in [2.24, 2.45) is 0 Å². The van der Waals surface area contributed by atoms with Gasteiger partial charge >= 0.3 is 0 Å². The number of nitrogens with zero attached hydrogens (tertiary/aromatic N) is 2. The minimum absolute atomic E-state index is 0.786. The molecule has 4 rings (SSSR count). The molecule has 3 aliphatic heterocycles. The summed E-state index contributed by atoms with van der Waals surface area (Å²) in [5, 5.41) is 3.56. The summed E-state index contributed by atoms with van der Waals surface area (Å²) in [5.41, 5.74) is 4.29. The fraction of sp³-hybridized carbons (Fsp3) is 0.667. The van der Waals surface area contributed by atoms with E-state index in [1.807, 2.05) is 0 Å². The van der Waals surface area contributed by atoms with Crippen LogP contribution in [-0.4, -0.2) is 43.7 Å². The molecule has 114 valence electrons. The number of likely N-dealkylation sites (tertiary alicyclic amines) is 1. The minimum atomic E-state index is 0.786. The zero-order valence-electron chi connectivity index (χ0n) is 13.0. The van der Waals surface area contributed by atoms with Crippen LogP contribution >= 0.6 is 0 Å². The highest BCUT2D eigenvalue weighted by atomic mass is 15.3. The summed E-state index contributed by atoms with van der Waals surface area (Å²) >= 11 is 0. The fourth-order valence-electron chi connectivity index (χ4n) is 4.20. The van der Waals surface area contributed by atoms with E-state index in [-0.39, 0.29) is 0 Å². The minimum Gasteiger partial charge on any atom is -0.385 e. The van der Waals surface area contributed by atoms with Crippen LogP contribution in [0.15, 0.2) is 18.2 Å². The molecule has 2 saturated heterocycles. The highest BCUT2D eigenvalue weighted by Crippen LogP contribution is 2.30. The maximum atomic E-state index is 3.56. The first-order valence-corrected chi connectivity index (χ1v) is 8.76. The lowest BCUT2D eigenvalue weighted by molar-refractivity contribution is 0.175. The summed E-state index contributed by atoms with van der Waals surface area (Å²) in [6.07, 6.45) is 8.08. The van der Waals surface area contributed by atoms with E-state index in [4.69, 9.17) is 0 Å². The van der Waals surface area contributed by atoms with E-state index in [2.05, 4.69) is 33.3 Å². The van der Waals surface area contributed by atoms with Gasteiger partial charge in [0.15, 0.2) is 0 Å². The zero-order valence-corrected chi connectivity index (χ0v) is 13.0. The molecule has 0 aliphatic carbocycles. The quantitative estimate of drug-likeness (QED) is 0.901. The highest BCUT2D eigenvalue weighted by Gasteiger charge is 2.28. The van der Waals surface area contributed by atoms with Crippen molar-refractivity contribution in [3.05, 3.63) is 23.8 Å². The maximum Gasteiger partial charge on any atom is 0.0393 e. The molecule has 0 saturated carbocycles. The Bertz CT molecular complexity index is 493. The van der Waals surface area contributed by atoms with Gasteiger partial charge in [-0.1, -0.05) is 12.5 Å². The van der Waals surface area contributed by atoms with E-state index in [1.54, 1.807) is 0 Å². The largest absolute Gasteiger partial charge is 0.385 e. The standard InChI is InChI=1S/C18H27N3/c1-2-10-20(11-3-1)17-8-12-21(14-17)16-7-6-15-5-4-9-19-18(15)13-16/h6-7,13,17,19H,1-5,8-12,14H2. The molecule has 3 aliphatic rings. The van der Waals surface area contributed by atoms with E-state index in [9.17, 15) is 0 Å². The molecule has 1 atom stereocenters. The van der Waals surface area contributed by atoms with Crippen LogP contribution in [0.5, 0.6) is 0 Å². The summed E-state index contributed by atoms with van der Waals surface area (Å²) in [7, 11) is 0. The molecule has 1 unspecified atom stereocenters. The number of fused-ring (bicyclic) bond motifs is 1. The zero-order chi connectivity index (χ0) is 14.1. The lowest BCUT2D eigenvalue weighted by Crippen LogP contribution is -2.40. The van der Waals surface area contributed by atoms with E-state index in [1.165, 1.54) is 81.6 Å². The predicted octanol–water partition coefficient (Wildman–Crippen LogP) is 3.11. The Morgan fingerprint density at radius 2 is 1.90 bits per heavy atom. The number of hydrogen-bond acceptors (Lipinski definition) is 3. The Morgan fingerprint density at radius 1 is 1.00 bits per heavy atom. The van der Waals surface area contributed by atoms with Crippen LogP contribution in [0.2, 0.25) is 0 Å². The van der Waals surface area contributed by atoms with E-state index in [0.29, 0.717) is 0 Å². The summed E-state index contributed by atoms with van der Waals surface area (Å²) in [6, 6.07) is 7.84. The summed E-state index contributed by atoms with van der Waals surface area (Å²) in [4.78, 5) is 5.33. The number of nitrogens with one attached hydrogen (secondary N) is 1. The normalized spacial score (nSPS) is 26.5. The maximum absolute atomic E-state index is 3.56. The molecule has 0 amide bonds. The van der Waals surface area contributed by atoms with Gasteiger partial charge in [-0.2, -0.15) is 0 Å². The third kappa shape index (κ3) is 2.76. The third-order valence-corrected chi connectivity index (χ3v) is 5.47.